The third kappa shape index (κ3) is 5.92. The van der Waals surface area contributed by atoms with Crippen LogP contribution in [0, 0.1) is 0 Å². The number of rotatable bonds is 3. The van der Waals surface area contributed by atoms with Crippen LogP contribution in [0.2, 0.25) is 6.04 Å². The Hall–Kier alpha value is -0.0831. The highest BCUT2D eigenvalue weighted by molar-refractivity contribution is 6.32. The summed E-state index contributed by atoms with van der Waals surface area (Å²) in [6.07, 6.45) is 1.99. The lowest BCUT2D eigenvalue weighted by atomic mass is 10.8. The highest BCUT2D eigenvalue weighted by Gasteiger charge is 1.83. The molecule has 0 unspecified atom stereocenters. The highest BCUT2D eigenvalue weighted by atomic mass is 28.2. The molecule has 0 atom stereocenters. The van der Waals surface area contributed by atoms with Crippen molar-refractivity contribution in [1.29, 1.82) is 0 Å². The molecule has 0 spiro atoms. The fourth-order valence-electron chi connectivity index (χ4n) is 0.349. The molecule has 0 heterocycles. The van der Waals surface area contributed by atoms with Crippen molar-refractivity contribution < 1.29 is 0 Å². The standard InChI is InChI=1S/C5H13NSi/c1-4-5-7-6(2)3/h4H,1,5,7H2,2-3H3. The number of hydrogen-bond acceptors (Lipinski definition) is 1. The largest absolute Gasteiger partial charge is 0.334 e. The Morgan fingerprint density at radius 1 is 1.71 bits per heavy atom. The van der Waals surface area contributed by atoms with E-state index in [0.717, 1.165) is 0 Å². The third-order valence-electron chi connectivity index (χ3n) is 0.780. The van der Waals surface area contributed by atoms with Crippen LogP contribution in [0.25, 0.3) is 0 Å². The van der Waals surface area contributed by atoms with Crippen LogP contribution < -0.4 is 0 Å². The van der Waals surface area contributed by atoms with Crippen molar-refractivity contribution in [3.63, 3.8) is 0 Å². The lowest BCUT2D eigenvalue weighted by molar-refractivity contribution is 0.661. The minimum Gasteiger partial charge on any atom is -0.334 e. The maximum absolute atomic E-state index is 3.64. The molecule has 42 valence electrons. The summed E-state index contributed by atoms with van der Waals surface area (Å²) in [5.74, 6) is 0. The van der Waals surface area contributed by atoms with Crippen molar-refractivity contribution in [2.75, 3.05) is 14.1 Å². The van der Waals surface area contributed by atoms with E-state index in [2.05, 4.69) is 25.2 Å². The van der Waals surface area contributed by atoms with E-state index < -0.39 is 0 Å². The van der Waals surface area contributed by atoms with E-state index in [0.29, 0.717) is 0 Å². The van der Waals surface area contributed by atoms with E-state index in [1.165, 1.54) is 6.04 Å². The molecule has 0 amide bonds. The molecule has 0 radical (unpaired) electrons. The maximum Gasteiger partial charge on any atom is 0.0980 e. The lowest BCUT2D eigenvalue weighted by Crippen LogP contribution is -2.15. The summed E-state index contributed by atoms with van der Waals surface area (Å²) >= 11 is 0. The first-order chi connectivity index (χ1) is 3.27. The van der Waals surface area contributed by atoms with Crippen LogP contribution in [0.3, 0.4) is 0 Å². The van der Waals surface area contributed by atoms with Crippen molar-refractivity contribution in [2.45, 2.75) is 6.04 Å². The van der Waals surface area contributed by atoms with Gasteiger partial charge in [0.2, 0.25) is 0 Å². The number of allylic oxidation sites excluding steroid dienone is 1. The quantitative estimate of drug-likeness (QED) is 0.376. The van der Waals surface area contributed by atoms with E-state index in [-0.39, 0.29) is 9.68 Å². The zero-order valence-corrected chi connectivity index (χ0v) is 6.56. The first kappa shape index (κ1) is 6.92. The van der Waals surface area contributed by atoms with Gasteiger partial charge < -0.3 is 4.57 Å². The minimum absolute atomic E-state index is 0.0613. The molecule has 0 bridgehead atoms. The molecule has 7 heavy (non-hydrogen) atoms. The third-order valence-corrected chi connectivity index (χ3v) is 2.34. The zero-order chi connectivity index (χ0) is 5.70. The predicted molar refractivity (Wildman–Crippen MR) is 37.2 cm³/mol. The van der Waals surface area contributed by atoms with Gasteiger partial charge in [-0.25, -0.2) is 0 Å². The molecule has 0 N–H and O–H groups in total. The van der Waals surface area contributed by atoms with E-state index in [1.54, 1.807) is 0 Å². The van der Waals surface area contributed by atoms with Gasteiger partial charge in [-0.2, -0.15) is 0 Å². The van der Waals surface area contributed by atoms with Gasteiger partial charge in [-0.1, -0.05) is 6.08 Å². The summed E-state index contributed by atoms with van der Waals surface area (Å²) in [5.41, 5.74) is 0. The van der Waals surface area contributed by atoms with Gasteiger partial charge in [0.15, 0.2) is 0 Å². The van der Waals surface area contributed by atoms with Gasteiger partial charge in [-0.15, -0.1) is 6.58 Å². The summed E-state index contributed by atoms with van der Waals surface area (Å²) in [7, 11) is 4.30. The minimum atomic E-state index is 0.0613. The number of nitrogens with zero attached hydrogens (tertiary/aromatic N) is 1. The molecule has 0 rings (SSSR count). The normalized spacial score (nSPS) is 11.3. The highest BCUT2D eigenvalue weighted by Crippen LogP contribution is 1.78. The van der Waals surface area contributed by atoms with Crippen molar-refractivity contribution in [1.82, 2.24) is 4.57 Å². The average Bonchev–Trinajstić information content (AvgIpc) is 1.61. The van der Waals surface area contributed by atoms with Crippen molar-refractivity contribution in [2.24, 2.45) is 0 Å². The summed E-state index contributed by atoms with van der Waals surface area (Å²) < 4.78 is 2.28. The van der Waals surface area contributed by atoms with Crippen LogP contribution in [0.4, 0.5) is 0 Å². The summed E-state index contributed by atoms with van der Waals surface area (Å²) in [4.78, 5) is 0. The molecular formula is C5H13NSi. The lowest BCUT2D eigenvalue weighted by Gasteiger charge is -2.03. The van der Waals surface area contributed by atoms with Crippen molar-refractivity contribution >= 4 is 9.68 Å². The van der Waals surface area contributed by atoms with Gasteiger partial charge in [-0.05, 0) is 20.1 Å². The van der Waals surface area contributed by atoms with Gasteiger partial charge in [0, 0.05) is 0 Å². The van der Waals surface area contributed by atoms with Gasteiger partial charge in [0.05, 0.1) is 9.68 Å². The molecule has 0 aliphatic carbocycles. The smallest absolute Gasteiger partial charge is 0.0980 e. The molecule has 1 nitrogen and oxygen atoms in total. The fraction of sp³-hybridized carbons (Fsp3) is 0.600. The Morgan fingerprint density at radius 2 is 2.29 bits per heavy atom. The van der Waals surface area contributed by atoms with Crippen LogP contribution in [0.5, 0.6) is 0 Å². The SMILES string of the molecule is C=CC[SiH2]N(C)C. The van der Waals surface area contributed by atoms with Crippen LogP contribution in [0.1, 0.15) is 0 Å². The fourth-order valence-corrected chi connectivity index (χ4v) is 1.05. The van der Waals surface area contributed by atoms with Gasteiger partial charge >= 0.3 is 0 Å². The molecule has 0 aliphatic rings. The first-order valence-corrected chi connectivity index (χ1v) is 4.16. The molecule has 0 aromatic carbocycles. The van der Waals surface area contributed by atoms with Crippen molar-refractivity contribution in [3.05, 3.63) is 12.7 Å². The molecule has 0 aromatic heterocycles. The average molecular weight is 115 g/mol. The van der Waals surface area contributed by atoms with E-state index in [1.807, 2.05) is 6.08 Å². The summed E-state index contributed by atoms with van der Waals surface area (Å²) in [6.45, 7) is 3.64. The molecule has 0 aromatic rings. The van der Waals surface area contributed by atoms with Crippen LogP contribution in [-0.4, -0.2) is 28.3 Å². The zero-order valence-electron chi connectivity index (χ0n) is 5.15. The van der Waals surface area contributed by atoms with Crippen LogP contribution in [0.15, 0.2) is 12.7 Å². The van der Waals surface area contributed by atoms with Gasteiger partial charge in [-0.3, -0.25) is 0 Å². The molecule has 0 saturated heterocycles. The summed E-state index contributed by atoms with van der Waals surface area (Å²) in [5, 5.41) is 0. The van der Waals surface area contributed by atoms with Gasteiger partial charge in [0.25, 0.3) is 0 Å². The monoisotopic (exact) mass is 115 g/mol. The number of hydrogen-bond donors (Lipinski definition) is 0. The first-order valence-electron chi connectivity index (χ1n) is 2.53. The van der Waals surface area contributed by atoms with Crippen LogP contribution in [-0.2, 0) is 0 Å². The Bertz CT molecular complexity index is 52.0. The topological polar surface area (TPSA) is 3.24 Å². The molecule has 0 fully saturated rings. The van der Waals surface area contributed by atoms with Crippen LogP contribution >= 0.6 is 0 Å². The second kappa shape index (κ2) is 4.09. The van der Waals surface area contributed by atoms with Crippen molar-refractivity contribution in [3.8, 4) is 0 Å². The molecule has 2 heteroatoms. The summed E-state index contributed by atoms with van der Waals surface area (Å²) in [6, 6.07) is 1.23. The Kier molecular flexibility index (Phi) is 4.04. The second-order valence-corrected chi connectivity index (χ2v) is 4.17. The molecule has 0 saturated carbocycles. The second-order valence-electron chi connectivity index (χ2n) is 1.88. The molecule has 0 aliphatic heterocycles. The maximum atomic E-state index is 3.64. The predicted octanol–water partition coefficient (Wildman–Crippen LogP) is 0.236. The van der Waals surface area contributed by atoms with E-state index in [9.17, 15) is 0 Å². The molecular weight excluding hydrogens is 102 g/mol. The Morgan fingerprint density at radius 3 is 2.43 bits per heavy atom. The van der Waals surface area contributed by atoms with Gasteiger partial charge in [0.1, 0.15) is 0 Å². The Labute approximate surface area is 47.9 Å². The Balaban J connectivity index is 2.81. The van der Waals surface area contributed by atoms with E-state index >= 15 is 0 Å². The van der Waals surface area contributed by atoms with E-state index in [4.69, 9.17) is 0 Å².